The number of aromatic carboxylic acids is 1. The number of carbonyl (C=O) groups is 1. The highest BCUT2D eigenvalue weighted by atomic mass is 16.4. The Hall–Kier alpha value is -1.35. The Balaban J connectivity index is 1.93. The molecule has 1 heterocycles. The average Bonchev–Trinajstić information content (AvgIpc) is 2.77. The molecule has 0 bridgehead atoms. The Labute approximate surface area is 102 Å². The van der Waals surface area contributed by atoms with Gasteiger partial charge in [-0.1, -0.05) is 25.5 Å². The number of hydrogen-bond acceptors (Lipinski definition) is 2. The molecule has 1 aliphatic rings. The summed E-state index contributed by atoms with van der Waals surface area (Å²) in [6.07, 6.45) is 2.55. The Bertz CT molecular complexity index is 386. The first-order chi connectivity index (χ1) is 8.19. The summed E-state index contributed by atoms with van der Waals surface area (Å²) in [5.74, 6) is -0.0166. The zero-order valence-electron chi connectivity index (χ0n) is 10.2. The van der Waals surface area contributed by atoms with Crippen LogP contribution in [0.5, 0.6) is 0 Å². The van der Waals surface area contributed by atoms with Gasteiger partial charge in [0, 0.05) is 13.1 Å². The summed E-state index contributed by atoms with van der Waals surface area (Å²) in [4.78, 5) is 13.2. The number of carboxylic acids is 1. The Morgan fingerprint density at radius 2 is 2.12 bits per heavy atom. The summed E-state index contributed by atoms with van der Waals surface area (Å²) in [5, 5.41) is 8.82. The van der Waals surface area contributed by atoms with Crippen LogP contribution in [0.4, 0.5) is 0 Å². The Morgan fingerprint density at radius 1 is 1.41 bits per heavy atom. The highest BCUT2D eigenvalue weighted by molar-refractivity contribution is 5.87. The number of hydrogen-bond donors (Lipinski definition) is 1. The van der Waals surface area contributed by atoms with E-state index in [0.717, 1.165) is 12.5 Å². The van der Waals surface area contributed by atoms with E-state index in [-0.39, 0.29) is 0 Å². The third-order valence-electron chi connectivity index (χ3n) is 3.55. The Morgan fingerprint density at radius 3 is 2.65 bits per heavy atom. The Kier molecular flexibility index (Phi) is 3.79. The SMILES string of the molecule is CCC1CCN(Cc2ccc(C(=O)O)cc2)C1. The largest absolute Gasteiger partial charge is 0.478 e. The number of benzene rings is 1. The average molecular weight is 233 g/mol. The molecule has 92 valence electrons. The monoisotopic (exact) mass is 233 g/mol. The summed E-state index contributed by atoms with van der Waals surface area (Å²) in [7, 11) is 0. The van der Waals surface area contributed by atoms with Gasteiger partial charge >= 0.3 is 5.97 Å². The highest BCUT2D eigenvalue weighted by Crippen LogP contribution is 2.21. The van der Waals surface area contributed by atoms with E-state index in [1.54, 1.807) is 12.1 Å². The molecule has 3 nitrogen and oxygen atoms in total. The van der Waals surface area contributed by atoms with Crippen molar-refractivity contribution in [3.05, 3.63) is 35.4 Å². The number of carboxylic acid groups (broad SMARTS) is 1. The lowest BCUT2D eigenvalue weighted by molar-refractivity contribution is 0.0697. The summed E-state index contributed by atoms with van der Waals surface area (Å²) < 4.78 is 0. The van der Waals surface area contributed by atoms with Crippen molar-refractivity contribution in [3.8, 4) is 0 Å². The fourth-order valence-corrected chi connectivity index (χ4v) is 2.40. The molecule has 2 rings (SSSR count). The van der Waals surface area contributed by atoms with Gasteiger partial charge in [-0.05, 0) is 36.6 Å². The van der Waals surface area contributed by atoms with E-state index in [0.29, 0.717) is 5.56 Å². The van der Waals surface area contributed by atoms with Gasteiger partial charge < -0.3 is 5.11 Å². The standard InChI is InChI=1S/C14H19NO2/c1-2-11-7-8-15(9-11)10-12-3-5-13(6-4-12)14(16)17/h3-6,11H,2,7-10H2,1H3,(H,16,17). The first-order valence-electron chi connectivity index (χ1n) is 6.23. The molecule has 0 aromatic heterocycles. The molecular formula is C14H19NO2. The van der Waals surface area contributed by atoms with Crippen molar-refractivity contribution >= 4 is 5.97 Å². The van der Waals surface area contributed by atoms with Gasteiger partial charge in [-0.2, -0.15) is 0 Å². The first-order valence-corrected chi connectivity index (χ1v) is 6.23. The van der Waals surface area contributed by atoms with Gasteiger partial charge in [0.15, 0.2) is 0 Å². The molecule has 0 saturated carbocycles. The molecule has 0 radical (unpaired) electrons. The van der Waals surface area contributed by atoms with Gasteiger partial charge in [0.1, 0.15) is 0 Å². The van der Waals surface area contributed by atoms with Crippen LogP contribution < -0.4 is 0 Å². The van der Waals surface area contributed by atoms with Crippen molar-refractivity contribution < 1.29 is 9.90 Å². The minimum Gasteiger partial charge on any atom is -0.478 e. The highest BCUT2D eigenvalue weighted by Gasteiger charge is 2.20. The summed E-state index contributed by atoms with van der Waals surface area (Å²) >= 11 is 0. The van der Waals surface area contributed by atoms with E-state index >= 15 is 0 Å². The quantitative estimate of drug-likeness (QED) is 0.869. The summed E-state index contributed by atoms with van der Waals surface area (Å²) in [6, 6.07) is 7.21. The molecule has 3 heteroatoms. The van der Waals surface area contributed by atoms with Crippen molar-refractivity contribution in [3.63, 3.8) is 0 Å². The van der Waals surface area contributed by atoms with Crippen LogP contribution in [0.3, 0.4) is 0 Å². The fraction of sp³-hybridized carbons (Fsp3) is 0.500. The van der Waals surface area contributed by atoms with E-state index in [9.17, 15) is 4.79 Å². The van der Waals surface area contributed by atoms with Crippen molar-refractivity contribution in [2.45, 2.75) is 26.3 Å². The van der Waals surface area contributed by atoms with Crippen LogP contribution in [-0.2, 0) is 6.54 Å². The second kappa shape index (κ2) is 5.32. The van der Waals surface area contributed by atoms with E-state index in [4.69, 9.17) is 5.11 Å². The fourth-order valence-electron chi connectivity index (χ4n) is 2.40. The van der Waals surface area contributed by atoms with E-state index in [2.05, 4.69) is 11.8 Å². The van der Waals surface area contributed by atoms with Crippen molar-refractivity contribution in [1.29, 1.82) is 0 Å². The second-order valence-electron chi connectivity index (χ2n) is 4.80. The van der Waals surface area contributed by atoms with Crippen LogP contribution in [0.2, 0.25) is 0 Å². The minimum absolute atomic E-state index is 0.363. The molecule has 1 saturated heterocycles. The van der Waals surface area contributed by atoms with Crippen LogP contribution >= 0.6 is 0 Å². The maximum absolute atomic E-state index is 10.7. The lowest BCUT2D eigenvalue weighted by Gasteiger charge is -2.15. The maximum atomic E-state index is 10.7. The molecule has 1 aromatic rings. The van der Waals surface area contributed by atoms with Crippen LogP contribution in [0, 0.1) is 5.92 Å². The molecular weight excluding hydrogens is 214 g/mol. The predicted octanol–water partition coefficient (Wildman–Crippen LogP) is 2.62. The molecule has 1 N–H and O–H groups in total. The second-order valence-corrected chi connectivity index (χ2v) is 4.80. The minimum atomic E-state index is -0.858. The van der Waals surface area contributed by atoms with E-state index in [1.165, 1.54) is 31.5 Å². The third-order valence-corrected chi connectivity index (χ3v) is 3.55. The molecule has 0 aliphatic carbocycles. The summed E-state index contributed by atoms with van der Waals surface area (Å²) in [5.41, 5.74) is 1.56. The molecule has 1 aliphatic heterocycles. The smallest absolute Gasteiger partial charge is 0.335 e. The van der Waals surface area contributed by atoms with Crippen LogP contribution in [0.15, 0.2) is 24.3 Å². The number of likely N-dealkylation sites (tertiary alicyclic amines) is 1. The normalized spacial score (nSPS) is 20.6. The summed E-state index contributed by atoms with van der Waals surface area (Å²) in [6.45, 7) is 5.53. The van der Waals surface area contributed by atoms with Crippen molar-refractivity contribution in [2.24, 2.45) is 5.92 Å². The van der Waals surface area contributed by atoms with E-state index in [1.807, 2.05) is 12.1 Å². The molecule has 17 heavy (non-hydrogen) atoms. The van der Waals surface area contributed by atoms with Crippen LogP contribution in [0.25, 0.3) is 0 Å². The molecule has 1 aromatic carbocycles. The van der Waals surface area contributed by atoms with Gasteiger partial charge in [-0.15, -0.1) is 0 Å². The first kappa shape index (κ1) is 12.1. The molecule has 0 amide bonds. The zero-order chi connectivity index (χ0) is 12.3. The molecule has 1 unspecified atom stereocenters. The lowest BCUT2D eigenvalue weighted by Crippen LogP contribution is -2.20. The van der Waals surface area contributed by atoms with Crippen LogP contribution in [-0.4, -0.2) is 29.1 Å². The van der Waals surface area contributed by atoms with E-state index < -0.39 is 5.97 Å². The van der Waals surface area contributed by atoms with Gasteiger partial charge in [-0.25, -0.2) is 4.79 Å². The van der Waals surface area contributed by atoms with Gasteiger partial charge in [0.05, 0.1) is 5.56 Å². The predicted molar refractivity (Wildman–Crippen MR) is 67.1 cm³/mol. The topological polar surface area (TPSA) is 40.5 Å². The van der Waals surface area contributed by atoms with Crippen LogP contribution in [0.1, 0.15) is 35.7 Å². The van der Waals surface area contributed by atoms with Crippen molar-refractivity contribution in [1.82, 2.24) is 4.90 Å². The maximum Gasteiger partial charge on any atom is 0.335 e. The molecule has 0 spiro atoms. The zero-order valence-corrected chi connectivity index (χ0v) is 10.2. The third kappa shape index (κ3) is 3.07. The number of rotatable bonds is 4. The molecule has 1 atom stereocenters. The van der Waals surface area contributed by atoms with Gasteiger partial charge in [0.2, 0.25) is 0 Å². The van der Waals surface area contributed by atoms with Gasteiger partial charge in [0.25, 0.3) is 0 Å². The van der Waals surface area contributed by atoms with Crippen molar-refractivity contribution in [2.75, 3.05) is 13.1 Å². The molecule has 1 fully saturated rings. The number of nitrogens with zero attached hydrogens (tertiary/aromatic N) is 1. The van der Waals surface area contributed by atoms with Gasteiger partial charge in [-0.3, -0.25) is 4.90 Å². The lowest BCUT2D eigenvalue weighted by atomic mass is 10.1.